The third-order valence-corrected chi connectivity index (χ3v) is 4.24. The number of rotatable bonds is 4. The van der Waals surface area contributed by atoms with E-state index in [4.69, 9.17) is 0 Å². The molecule has 1 aliphatic rings. The van der Waals surface area contributed by atoms with E-state index in [2.05, 4.69) is 10.3 Å². The van der Waals surface area contributed by atoms with Crippen LogP contribution in [0.5, 0.6) is 0 Å². The topological polar surface area (TPSA) is 45.2 Å². The number of carbonyl (C=O) groups is 1. The van der Waals surface area contributed by atoms with Gasteiger partial charge in [-0.05, 0) is 40.9 Å². The largest absolute Gasteiger partial charge is 0.379 e. The van der Waals surface area contributed by atoms with E-state index < -0.39 is 0 Å². The molecule has 0 saturated carbocycles. The number of nitrogens with zero attached hydrogens (tertiary/aromatic N) is 2. The third-order valence-electron chi connectivity index (χ3n) is 3.51. The van der Waals surface area contributed by atoms with Crippen molar-refractivity contribution in [3.8, 4) is 0 Å². The van der Waals surface area contributed by atoms with Crippen LogP contribution in [0.25, 0.3) is 0 Å². The highest BCUT2D eigenvalue weighted by atomic mass is 32.1. The number of pyridine rings is 1. The van der Waals surface area contributed by atoms with E-state index in [1.54, 1.807) is 17.5 Å². The van der Waals surface area contributed by atoms with Crippen molar-refractivity contribution in [3.63, 3.8) is 0 Å². The Balaban J connectivity index is 1.53. The van der Waals surface area contributed by atoms with Crippen LogP contribution in [0.3, 0.4) is 0 Å². The number of anilines is 1. The lowest BCUT2D eigenvalue weighted by molar-refractivity contribution is -0.129. The number of nitrogens with one attached hydrogen (secondary N) is 1. The zero-order valence-electron chi connectivity index (χ0n) is 11.2. The van der Waals surface area contributed by atoms with Crippen LogP contribution in [0, 0.1) is 0 Å². The standard InChI is InChI=1S/C15H17N3OS/c19-15(8-12-4-7-20-11-12)18-6-3-14(10-18)17-13-2-1-5-16-9-13/h1-2,4-5,7,9,11,14,17H,3,6,8,10H2. The molecule has 4 nitrogen and oxygen atoms in total. The SMILES string of the molecule is O=C(Cc1ccsc1)N1CCC(Nc2cccnc2)C1. The van der Waals surface area contributed by atoms with Crippen LogP contribution >= 0.6 is 11.3 Å². The highest BCUT2D eigenvalue weighted by Gasteiger charge is 2.26. The molecule has 104 valence electrons. The predicted molar refractivity (Wildman–Crippen MR) is 80.9 cm³/mol. The van der Waals surface area contributed by atoms with Gasteiger partial charge in [-0.25, -0.2) is 0 Å². The molecule has 3 heterocycles. The second kappa shape index (κ2) is 6.05. The quantitative estimate of drug-likeness (QED) is 0.939. The number of aromatic nitrogens is 1. The summed E-state index contributed by atoms with van der Waals surface area (Å²) in [5.41, 5.74) is 2.13. The Kier molecular flexibility index (Phi) is 3.97. The summed E-state index contributed by atoms with van der Waals surface area (Å²) in [6.07, 6.45) is 5.08. The first-order valence-electron chi connectivity index (χ1n) is 6.76. The lowest BCUT2D eigenvalue weighted by Gasteiger charge is -2.17. The molecular weight excluding hydrogens is 270 g/mol. The first-order valence-corrected chi connectivity index (χ1v) is 7.71. The second-order valence-corrected chi connectivity index (χ2v) is 5.80. The Hall–Kier alpha value is -1.88. The summed E-state index contributed by atoms with van der Waals surface area (Å²) in [4.78, 5) is 18.2. The number of amides is 1. The van der Waals surface area contributed by atoms with E-state index in [1.807, 2.05) is 40.1 Å². The minimum Gasteiger partial charge on any atom is -0.379 e. The summed E-state index contributed by atoms with van der Waals surface area (Å²) < 4.78 is 0. The van der Waals surface area contributed by atoms with E-state index in [9.17, 15) is 4.79 Å². The lowest BCUT2D eigenvalue weighted by Crippen LogP contribution is -2.32. The first-order chi connectivity index (χ1) is 9.81. The monoisotopic (exact) mass is 287 g/mol. The van der Waals surface area contributed by atoms with Gasteiger partial charge in [0.25, 0.3) is 0 Å². The summed E-state index contributed by atoms with van der Waals surface area (Å²) >= 11 is 1.64. The third kappa shape index (κ3) is 3.17. The Bertz CT molecular complexity index is 556. The maximum Gasteiger partial charge on any atom is 0.227 e. The average Bonchev–Trinajstić information content (AvgIpc) is 3.11. The van der Waals surface area contributed by atoms with Crippen LogP contribution in [0.15, 0.2) is 41.4 Å². The van der Waals surface area contributed by atoms with Gasteiger partial charge in [-0.2, -0.15) is 11.3 Å². The normalized spacial score (nSPS) is 18.2. The summed E-state index contributed by atoms with van der Waals surface area (Å²) in [5.74, 6) is 0.221. The summed E-state index contributed by atoms with van der Waals surface area (Å²) in [7, 11) is 0. The van der Waals surface area contributed by atoms with Crippen LogP contribution in [0.1, 0.15) is 12.0 Å². The van der Waals surface area contributed by atoms with Crippen molar-refractivity contribution < 1.29 is 4.79 Å². The molecule has 1 aliphatic heterocycles. The zero-order chi connectivity index (χ0) is 13.8. The van der Waals surface area contributed by atoms with Crippen molar-refractivity contribution in [1.29, 1.82) is 0 Å². The van der Waals surface area contributed by atoms with Crippen molar-refractivity contribution >= 4 is 22.9 Å². The van der Waals surface area contributed by atoms with Crippen LogP contribution in [0.4, 0.5) is 5.69 Å². The van der Waals surface area contributed by atoms with Crippen molar-refractivity contribution in [2.45, 2.75) is 18.9 Å². The fraction of sp³-hybridized carbons (Fsp3) is 0.333. The first kappa shape index (κ1) is 13.1. The fourth-order valence-electron chi connectivity index (χ4n) is 2.47. The summed E-state index contributed by atoms with van der Waals surface area (Å²) in [6.45, 7) is 1.61. The molecule has 20 heavy (non-hydrogen) atoms. The van der Waals surface area contributed by atoms with E-state index in [0.717, 1.165) is 30.8 Å². The summed E-state index contributed by atoms with van der Waals surface area (Å²) in [5, 5.41) is 7.48. The molecule has 1 fully saturated rings. The molecule has 0 aromatic carbocycles. The van der Waals surface area contributed by atoms with E-state index in [1.165, 1.54) is 0 Å². The molecule has 1 unspecified atom stereocenters. The molecule has 1 amide bonds. The Morgan fingerprint density at radius 1 is 1.50 bits per heavy atom. The predicted octanol–water partition coefficient (Wildman–Crippen LogP) is 2.40. The lowest BCUT2D eigenvalue weighted by atomic mass is 10.2. The van der Waals surface area contributed by atoms with Gasteiger partial charge in [0.15, 0.2) is 0 Å². The van der Waals surface area contributed by atoms with Gasteiger partial charge in [0, 0.05) is 31.5 Å². The Labute approximate surface area is 122 Å². The molecule has 0 spiro atoms. The van der Waals surface area contributed by atoms with Crippen molar-refractivity contribution in [2.75, 3.05) is 18.4 Å². The maximum absolute atomic E-state index is 12.2. The van der Waals surface area contributed by atoms with Crippen molar-refractivity contribution in [3.05, 3.63) is 46.9 Å². The number of hydrogen-bond donors (Lipinski definition) is 1. The molecule has 0 radical (unpaired) electrons. The smallest absolute Gasteiger partial charge is 0.227 e. The van der Waals surface area contributed by atoms with Gasteiger partial charge in [-0.1, -0.05) is 0 Å². The Morgan fingerprint density at radius 2 is 2.45 bits per heavy atom. The maximum atomic E-state index is 12.2. The fourth-order valence-corrected chi connectivity index (χ4v) is 3.14. The molecule has 0 bridgehead atoms. The number of likely N-dealkylation sites (tertiary alicyclic amines) is 1. The molecular formula is C15H17N3OS. The number of hydrogen-bond acceptors (Lipinski definition) is 4. The van der Waals surface area contributed by atoms with Gasteiger partial charge in [0.2, 0.25) is 5.91 Å². The van der Waals surface area contributed by atoms with E-state index in [0.29, 0.717) is 12.5 Å². The van der Waals surface area contributed by atoms with Gasteiger partial charge < -0.3 is 10.2 Å². The molecule has 1 atom stereocenters. The van der Waals surface area contributed by atoms with Crippen molar-refractivity contribution in [1.82, 2.24) is 9.88 Å². The number of carbonyl (C=O) groups excluding carboxylic acids is 1. The van der Waals surface area contributed by atoms with Gasteiger partial charge in [0.05, 0.1) is 12.1 Å². The second-order valence-electron chi connectivity index (χ2n) is 5.02. The zero-order valence-corrected chi connectivity index (χ0v) is 12.0. The molecule has 1 N–H and O–H groups in total. The Morgan fingerprint density at radius 3 is 3.20 bits per heavy atom. The van der Waals surface area contributed by atoms with Gasteiger partial charge >= 0.3 is 0 Å². The molecule has 1 saturated heterocycles. The molecule has 5 heteroatoms. The van der Waals surface area contributed by atoms with Crippen molar-refractivity contribution in [2.24, 2.45) is 0 Å². The minimum atomic E-state index is 0.221. The van der Waals surface area contributed by atoms with E-state index >= 15 is 0 Å². The highest BCUT2D eigenvalue weighted by molar-refractivity contribution is 7.07. The summed E-state index contributed by atoms with van der Waals surface area (Å²) in [6, 6.07) is 6.26. The molecule has 0 aliphatic carbocycles. The molecule has 2 aromatic rings. The minimum absolute atomic E-state index is 0.221. The van der Waals surface area contributed by atoms with Gasteiger partial charge in [-0.3, -0.25) is 9.78 Å². The molecule has 2 aromatic heterocycles. The highest BCUT2D eigenvalue weighted by Crippen LogP contribution is 2.17. The average molecular weight is 287 g/mol. The molecule has 3 rings (SSSR count). The van der Waals surface area contributed by atoms with Crippen LogP contribution in [-0.4, -0.2) is 34.9 Å². The number of thiophene rings is 1. The van der Waals surface area contributed by atoms with Gasteiger partial charge in [0.1, 0.15) is 0 Å². The van der Waals surface area contributed by atoms with Gasteiger partial charge in [-0.15, -0.1) is 0 Å². The van der Waals surface area contributed by atoms with Crippen LogP contribution in [0.2, 0.25) is 0 Å². The van der Waals surface area contributed by atoms with Crippen LogP contribution < -0.4 is 5.32 Å². The van der Waals surface area contributed by atoms with Crippen LogP contribution in [-0.2, 0) is 11.2 Å². The van der Waals surface area contributed by atoms with E-state index in [-0.39, 0.29) is 5.91 Å².